The number of rotatable bonds is 7. The van der Waals surface area contributed by atoms with Crippen molar-refractivity contribution in [2.75, 3.05) is 24.7 Å². The molecular formula is C8H13N5O4S. The summed E-state index contributed by atoms with van der Waals surface area (Å²) < 4.78 is 23.8. The van der Waals surface area contributed by atoms with Gasteiger partial charge in [-0.15, -0.1) is 0 Å². The van der Waals surface area contributed by atoms with Gasteiger partial charge in [-0.3, -0.25) is 10.1 Å². The van der Waals surface area contributed by atoms with Crippen molar-refractivity contribution in [1.82, 2.24) is 14.7 Å². The lowest BCUT2D eigenvalue weighted by Crippen LogP contribution is -2.24. The zero-order chi connectivity index (χ0) is 13.6. The van der Waals surface area contributed by atoms with Crippen molar-refractivity contribution in [3.05, 3.63) is 22.5 Å². The second kappa shape index (κ2) is 6.21. The van der Waals surface area contributed by atoms with Crippen molar-refractivity contribution in [1.29, 1.82) is 0 Å². The van der Waals surface area contributed by atoms with Gasteiger partial charge in [0.25, 0.3) is 0 Å². The Morgan fingerprint density at radius 1 is 1.33 bits per heavy atom. The highest BCUT2D eigenvalue weighted by Gasteiger charge is 2.06. The Kier molecular flexibility index (Phi) is 4.92. The van der Waals surface area contributed by atoms with Crippen LogP contribution in [0.1, 0.15) is 6.42 Å². The quantitative estimate of drug-likeness (QED) is 0.398. The maximum Gasteiger partial charge on any atom is 0.305 e. The van der Waals surface area contributed by atoms with E-state index >= 15 is 0 Å². The zero-order valence-corrected chi connectivity index (χ0v) is 10.5. The van der Waals surface area contributed by atoms with E-state index in [1.165, 1.54) is 0 Å². The molecule has 0 atom stereocenters. The third-order valence-electron chi connectivity index (χ3n) is 1.85. The van der Waals surface area contributed by atoms with E-state index in [9.17, 15) is 18.5 Å². The Morgan fingerprint density at radius 3 is 2.44 bits per heavy atom. The number of nitrogens with one attached hydrogen (secondary N) is 2. The Bertz CT molecular complexity index is 501. The molecule has 1 rings (SSSR count). The minimum atomic E-state index is -3.17. The molecule has 2 N–H and O–H groups in total. The summed E-state index contributed by atoms with van der Waals surface area (Å²) >= 11 is 0. The van der Waals surface area contributed by atoms with Crippen molar-refractivity contribution >= 4 is 21.7 Å². The van der Waals surface area contributed by atoms with Crippen molar-refractivity contribution in [2.24, 2.45) is 0 Å². The summed E-state index contributed by atoms with van der Waals surface area (Å²) in [6.07, 6.45) is 3.83. The molecule has 0 saturated carbocycles. The molecule has 0 bridgehead atoms. The van der Waals surface area contributed by atoms with Gasteiger partial charge in [0.1, 0.15) is 12.4 Å². The van der Waals surface area contributed by atoms with E-state index in [4.69, 9.17) is 0 Å². The van der Waals surface area contributed by atoms with E-state index < -0.39 is 14.9 Å². The zero-order valence-electron chi connectivity index (χ0n) is 9.66. The maximum atomic E-state index is 10.7. The number of nitrogens with zero attached hydrogens (tertiary/aromatic N) is 3. The van der Waals surface area contributed by atoms with Crippen LogP contribution in [0, 0.1) is 10.1 Å². The Hall–Kier alpha value is -1.81. The Balaban J connectivity index is 2.29. The summed E-state index contributed by atoms with van der Waals surface area (Å²) in [6.45, 7) is 0.763. The molecule has 0 amide bonds. The predicted molar refractivity (Wildman–Crippen MR) is 64.6 cm³/mol. The fraction of sp³-hybridized carbons (Fsp3) is 0.500. The molecule has 100 valence electrons. The molecule has 9 nitrogen and oxygen atoms in total. The highest BCUT2D eigenvalue weighted by molar-refractivity contribution is 7.88. The third-order valence-corrected chi connectivity index (χ3v) is 2.58. The van der Waals surface area contributed by atoms with Crippen LogP contribution < -0.4 is 10.0 Å². The van der Waals surface area contributed by atoms with Crippen LogP contribution in [-0.4, -0.2) is 42.7 Å². The lowest BCUT2D eigenvalue weighted by molar-refractivity contribution is -0.385. The fourth-order valence-corrected chi connectivity index (χ4v) is 1.57. The number of aromatic nitrogens is 2. The van der Waals surface area contributed by atoms with Gasteiger partial charge in [0.15, 0.2) is 0 Å². The fourth-order valence-electron chi connectivity index (χ4n) is 1.05. The molecule has 0 aromatic carbocycles. The first-order valence-electron chi connectivity index (χ1n) is 5.03. The summed E-state index contributed by atoms with van der Waals surface area (Å²) in [5.74, 6) is 0.264. The van der Waals surface area contributed by atoms with E-state index in [1.54, 1.807) is 0 Å². The van der Waals surface area contributed by atoms with Gasteiger partial charge in [0.2, 0.25) is 16.0 Å². The number of sulfonamides is 1. The molecule has 0 aliphatic rings. The normalized spacial score (nSPS) is 11.2. The number of nitro groups is 1. The smallest absolute Gasteiger partial charge is 0.305 e. The highest BCUT2D eigenvalue weighted by Crippen LogP contribution is 2.07. The predicted octanol–water partition coefficient (Wildman–Crippen LogP) is -0.264. The summed E-state index contributed by atoms with van der Waals surface area (Å²) in [4.78, 5) is 17.2. The summed E-state index contributed by atoms with van der Waals surface area (Å²) in [7, 11) is -3.17. The molecule has 0 saturated heterocycles. The van der Waals surface area contributed by atoms with Gasteiger partial charge < -0.3 is 5.32 Å². The average molecular weight is 275 g/mol. The van der Waals surface area contributed by atoms with E-state index in [0.717, 1.165) is 18.6 Å². The second-order valence-electron chi connectivity index (χ2n) is 3.47. The molecule has 0 unspecified atom stereocenters. The van der Waals surface area contributed by atoms with Crippen LogP contribution >= 0.6 is 0 Å². The molecule has 18 heavy (non-hydrogen) atoms. The molecule has 1 heterocycles. The number of hydrogen-bond donors (Lipinski definition) is 2. The first-order valence-corrected chi connectivity index (χ1v) is 6.92. The van der Waals surface area contributed by atoms with Crippen LogP contribution in [-0.2, 0) is 10.0 Å². The number of hydrogen-bond acceptors (Lipinski definition) is 7. The topological polar surface area (TPSA) is 127 Å². The van der Waals surface area contributed by atoms with Crippen LogP contribution in [0.2, 0.25) is 0 Å². The van der Waals surface area contributed by atoms with Crippen LogP contribution in [0.25, 0.3) is 0 Å². The largest absolute Gasteiger partial charge is 0.354 e. The van der Waals surface area contributed by atoms with Gasteiger partial charge in [0, 0.05) is 13.1 Å². The lowest BCUT2D eigenvalue weighted by atomic mass is 10.4. The SMILES string of the molecule is CS(=O)(=O)NCCCNc1ncc([N+](=O)[O-])cn1. The first-order chi connectivity index (χ1) is 8.38. The van der Waals surface area contributed by atoms with Crippen LogP contribution in [0.4, 0.5) is 11.6 Å². The molecule has 0 aliphatic carbocycles. The van der Waals surface area contributed by atoms with Gasteiger partial charge >= 0.3 is 5.69 Å². The molecule has 0 radical (unpaired) electrons. The van der Waals surface area contributed by atoms with Gasteiger partial charge in [0.05, 0.1) is 11.2 Å². The molecule has 0 spiro atoms. The van der Waals surface area contributed by atoms with E-state index in [2.05, 4.69) is 20.0 Å². The molecule has 0 aliphatic heterocycles. The summed E-state index contributed by atoms with van der Waals surface area (Å²) in [6, 6.07) is 0. The second-order valence-corrected chi connectivity index (χ2v) is 5.30. The number of anilines is 1. The lowest BCUT2D eigenvalue weighted by Gasteiger charge is -2.04. The average Bonchev–Trinajstić information content (AvgIpc) is 2.27. The molecule has 10 heteroatoms. The van der Waals surface area contributed by atoms with Crippen molar-refractivity contribution in [2.45, 2.75) is 6.42 Å². The van der Waals surface area contributed by atoms with Crippen molar-refractivity contribution < 1.29 is 13.3 Å². The van der Waals surface area contributed by atoms with Gasteiger partial charge in [-0.25, -0.2) is 23.1 Å². The van der Waals surface area contributed by atoms with Gasteiger partial charge in [-0.05, 0) is 6.42 Å². The minimum absolute atomic E-state index is 0.181. The first kappa shape index (κ1) is 14.3. The Morgan fingerprint density at radius 2 is 1.94 bits per heavy atom. The standard InChI is InChI=1S/C8H13N5O4S/c1-18(16,17)12-4-2-3-9-8-10-5-7(6-11-8)13(14)15/h5-6,12H,2-4H2,1H3,(H,9,10,11). The van der Waals surface area contributed by atoms with Gasteiger partial charge in [-0.1, -0.05) is 0 Å². The van der Waals surface area contributed by atoms with Crippen LogP contribution in [0.5, 0.6) is 0 Å². The molecule has 0 fully saturated rings. The third kappa shape index (κ3) is 5.50. The van der Waals surface area contributed by atoms with E-state index in [1.807, 2.05) is 0 Å². The van der Waals surface area contributed by atoms with E-state index in [0.29, 0.717) is 19.5 Å². The molecular weight excluding hydrogens is 262 g/mol. The van der Waals surface area contributed by atoms with Crippen LogP contribution in [0.15, 0.2) is 12.4 Å². The molecule has 1 aromatic rings. The Labute approximate surface area is 104 Å². The highest BCUT2D eigenvalue weighted by atomic mass is 32.2. The van der Waals surface area contributed by atoms with E-state index in [-0.39, 0.29) is 11.6 Å². The van der Waals surface area contributed by atoms with Crippen LogP contribution in [0.3, 0.4) is 0 Å². The maximum absolute atomic E-state index is 10.7. The summed E-state index contributed by atoms with van der Waals surface area (Å²) in [5.41, 5.74) is -0.181. The van der Waals surface area contributed by atoms with Crippen molar-refractivity contribution in [3.8, 4) is 0 Å². The monoisotopic (exact) mass is 275 g/mol. The summed E-state index contributed by atoms with van der Waals surface area (Å²) in [5, 5.41) is 13.2. The van der Waals surface area contributed by atoms with Gasteiger partial charge in [-0.2, -0.15) is 0 Å². The molecule has 1 aromatic heterocycles. The minimum Gasteiger partial charge on any atom is -0.354 e. The van der Waals surface area contributed by atoms with Crippen molar-refractivity contribution in [3.63, 3.8) is 0 Å².